The second kappa shape index (κ2) is 8.48. The quantitative estimate of drug-likeness (QED) is 0.719. The summed E-state index contributed by atoms with van der Waals surface area (Å²) in [6.07, 6.45) is 10.6. The third-order valence-corrected chi connectivity index (χ3v) is 7.91. The first kappa shape index (κ1) is 20.3. The molecule has 2 aliphatic heterocycles. The number of nitrogens with one attached hydrogen (secondary N) is 1. The lowest BCUT2D eigenvalue weighted by Crippen LogP contribution is -2.48. The van der Waals surface area contributed by atoms with Crippen molar-refractivity contribution < 1.29 is 5.11 Å². The number of aromatic nitrogens is 4. The second-order valence-electron chi connectivity index (χ2n) is 8.54. The average molecular weight is 447 g/mol. The normalized spacial score (nSPS) is 21.1. The fourth-order valence-electron chi connectivity index (χ4n) is 4.49. The highest BCUT2D eigenvalue weighted by Crippen LogP contribution is 2.41. The number of hydrogen-bond donors (Lipinski definition) is 2. The zero-order chi connectivity index (χ0) is 20.6. The van der Waals surface area contributed by atoms with E-state index in [1.807, 2.05) is 11.8 Å². The van der Waals surface area contributed by atoms with E-state index in [1.54, 1.807) is 12.4 Å². The Bertz CT molecular complexity index is 894. The van der Waals surface area contributed by atoms with Crippen molar-refractivity contribution in [2.24, 2.45) is 0 Å². The molecule has 2 fully saturated rings. The molecule has 0 aromatic carbocycles. The Hall–Kier alpha value is -1.64. The maximum absolute atomic E-state index is 9.93. The molecule has 4 heterocycles. The van der Waals surface area contributed by atoms with Gasteiger partial charge in [-0.15, -0.1) is 11.8 Å². The number of rotatable bonds is 5. The average Bonchev–Trinajstić information content (AvgIpc) is 2.77. The number of thioether (sulfide) groups is 1. The van der Waals surface area contributed by atoms with E-state index >= 15 is 0 Å². The van der Waals surface area contributed by atoms with Crippen LogP contribution < -0.4 is 10.2 Å². The van der Waals surface area contributed by atoms with Gasteiger partial charge in [-0.25, -0.2) is 15.0 Å². The summed E-state index contributed by atoms with van der Waals surface area (Å²) in [6.45, 7) is 1.92. The number of nitrogens with zero attached hydrogens (tertiary/aromatic N) is 5. The molecule has 3 aliphatic rings. The fourth-order valence-corrected chi connectivity index (χ4v) is 5.63. The maximum atomic E-state index is 9.93. The van der Waals surface area contributed by atoms with Gasteiger partial charge in [0.15, 0.2) is 0 Å². The van der Waals surface area contributed by atoms with Crippen molar-refractivity contribution in [3.8, 4) is 0 Å². The molecule has 1 aliphatic carbocycles. The minimum Gasteiger partial charge on any atom is -0.394 e. The molecular weight excluding hydrogens is 420 g/mol. The molecular formula is C21H27ClN6OS. The highest BCUT2D eigenvalue weighted by atomic mass is 35.5. The van der Waals surface area contributed by atoms with Gasteiger partial charge in [0.25, 0.3) is 0 Å². The van der Waals surface area contributed by atoms with E-state index in [2.05, 4.69) is 20.2 Å². The van der Waals surface area contributed by atoms with Crippen LogP contribution in [0.15, 0.2) is 17.3 Å². The Morgan fingerprint density at radius 1 is 1.17 bits per heavy atom. The first-order valence-electron chi connectivity index (χ1n) is 10.8. The lowest BCUT2D eigenvalue weighted by atomic mass is 9.77. The monoisotopic (exact) mass is 446 g/mol. The van der Waals surface area contributed by atoms with E-state index < -0.39 is 0 Å². The Balaban J connectivity index is 1.35. The van der Waals surface area contributed by atoms with Crippen LogP contribution in [0, 0.1) is 0 Å². The molecule has 2 aromatic heterocycles. The number of aryl methyl sites for hydroxylation is 1. The topological polar surface area (TPSA) is 87.1 Å². The molecule has 30 heavy (non-hydrogen) atoms. The molecule has 1 saturated heterocycles. The summed E-state index contributed by atoms with van der Waals surface area (Å²) in [4.78, 5) is 22.2. The van der Waals surface area contributed by atoms with Gasteiger partial charge in [-0.3, -0.25) is 0 Å². The zero-order valence-corrected chi connectivity index (χ0v) is 18.6. The molecule has 0 spiro atoms. The van der Waals surface area contributed by atoms with Gasteiger partial charge in [0.2, 0.25) is 5.95 Å². The van der Waals surface area contributed by atoms with Crippen molar-refractivity contribution in [3.63, 3.8) is 0 Å². The number of hydrogen-bond acceptors (Lipinski definition) is 8. The van der Waals surface area contributed by atoms with Gasteiger partial charge < -0.3 is 15.3 Å². The zero-order valence-electron chi connectivity index (χ0n) is 17.0. The van der Waals surface area contributed by atoms with Crippen LogP contribution >= 0.6 is 23.4 Å². The molecule has 0 amide bonds. The van der Waals surface area contributed by atoms with Gasteiger partial charge in [0, 0.05) is 31.4 Å². The van der Waals surface area contributed by atoms with E-state index in [0.717, 1.165) is 87.1 Å². The van der Waals surface area contributed by atoms with Crippen LogP contribution in [-0.4, -0.2) is 56.0 Å². The summed E-state index contributed by atoms with van der Waals surface area (Å²) in [5.74, 6) is 4.04. The van der Waals surface area contributed by atoms with E-state index in [-0.39, 0.29) is 12.1 Å². The van der Waals surface area contributed by atoms with Crippen LogP contribution in [0.3, 0.4) is 0 Å². The lowest BCUT2D eigenvalue weighted by molar-refractivity contribution is 0.143. The minimum absolute atomic E-state index is 0.151. The predicted octanol–water partition coefficient (Wildman–Crippen LogP) is 3.67. The van der Waals surface area contributed by atoms with Crippen molar-refractivity contribution in [3.05, 3.63) is 28.9 Å². The molecule has 1 saturated carbocycles. The van der Waals surface area contributed by atoms with Crippen molar-refractivity contribution in [2.45, 2.75) is 61.3 Å². The first-order chi connectivity index (χ1) is 14.7. The van der Waals surface area contributed by atoms with Gasteiger partial charge in [0.1, 0.15) is 11.6 Å². The number of aliphatic hydroxyl groups is 1. The first-order valence-corrected chi connectivity index (χ1v) is 12.2. The van der Waals surface area contributed by atoms with Crippen LogP contribution in [0.2, 0.25) is 5.02 Å². The van der Waals surface area contributed by atoms with Crippen molar-refractivity contribution in [2.75, 3.05) is 35.7 Å². The minimum atomic E-state index is -0.212. The predicted molar refractivity (Wildman–Crippen MR) is 120 cm³/mol. The van der Waals surface area contributed by atoms with Crippen molar-refractivity contribution >= 4 is 35.1 Å². The van der Waals surface area contributed by atoms with Crippen molar-refractivity contribution in [1.82, 2.24) is 19.9 Å². The summed E-state index contributed by atoms with van der Waals surface area (Å²) in [7, 11) is 0. The number of fused-ring (bicyclic) bond motifs is 1. The van der Waals surface area contributed by atoms with E-state index in [1.165, 1.54) is 4.90 Å². The SMILES string of the molecule is OCC1(Nc2nc(N3CCC(c4ncc(Cl)cn4)CC3)nc3c2SCCC3)CCC1. The van der Waals surface area contributed by atoms with E-state index in [4.69, 9.17) is 21.6 Å². The van der Waals surface area contributed by atoms with Gasteiger partial charge in [-0.1, -0.05) is 11.6 Å². The van der Waals surface area contributed by atoms with Crippen molar-refractivity contribution in [1.29, 1.82) is 0 Å². The molecule has 160 valence electrons. The summed E-state index contributed by atoms with van der Waals surface area (Å²) >= 11 is 7.76. The molecule has 9 heteroatoms. The van der Waals surface area contributed by atoms with E-state index in [0.29, 0.717) is 10.9 Å². The van der Waals surface area contributed by atoms with Crippen LogP contribution in [0.25, 0.3) is 0 Å². The van der Waals surface area contributed by atoms with Gasteiger partial charge in [-0.05, 0) is 50.7 Å². The molecule has 2 aromatic rings. The molecule has 0 atom stereocenters. The Morgan fingerprint density at radius 3 is 2.60 bits per heavy atom. The largest absolute Gasteiger partial charge is 0.394 e. The fraction of sp³-hybridized carbons (Fsp3) is 0.619. The molecule has 5 rings (SSSR count). The van der Waals surface area contributed by atoms with Crippen LogP contribution in [0.1, 0.15) is 56.0 Å². The summed E-state index contributed by atoms with van der Waals surface area (Å²) in [6, 6.07) is 0. The second-order valence-corrected chi connectivity index (χ2v) is 10.1. The highest BCUT2D eigenvalue weighted by Gasteiger charge is 2.38. The Kier molecular flexibility index (Phi) is 5.73. The standard InChI is InChI=1S/C21H27ClN6OS/c22-15-11-23-18(24-12-15)14-4-8-28(9-5-14)20-25-16-3-1-10-30-17(16)19(26-20)27-21(13-29)6-2-7-21/h11-12,14,29H,1-10,13H2,(H,25,26,27). The summed E-state index contributed by atoms with van der Waals surface area (Å²) in [5, 5.41) is 14.1. The third-order valence-electron chi connectivity index (χ3n) is 6.51. The van der Waals surface area contributed by atoms with Crippen LogP contribution in [-0.2, 0) is 6.42 Å². The molecule has 0 radical (unpaired) electrons. The lowest BCUT2D eigenvalue weighted by Gasteiger charge is -2.42. The molecule has 0 bridgehead atoms. The number of anilines is 2. The van der Waals surface area contributed by atoms with Gasteiger partial charge in [-0.2, -0.15) is 4.98 Å². The molecule has 7 nitrogen and oxygen atoms in total. The van der Waals surface area contributed by atoms with Crippen LogP contribution in [0.5, 0.6) is 0 Å². The number of halogens is 1. The Morgan fingerprint density at radius 2 is 1.93 bits per heavy atom. The summed E-state index contributed by atoms with van der Waals surface area (Å²) in [5.41, 5.74) is 0.936. The van der Waals surface area contributed by atoms with E-state index in [9.17, 15) is 5.11 Å². The molecule has 0 unspecified atom stereocenters. The maximum Gasteiger partial charge on any atom is 0.227 e. The Labute approximate surface area is 186 Å². The highest BCUT2D eigenvalue weighted by molar-refractivity contribution is 7.99. The van der Waals surface area contributed by atoms with Crippen LogP contribution in [0.4, 0.5) is 11.8 Å². The molecule has 2 N–H and O–H groups in total. The summed E-state index contributed by atoms with van der Waals surface area (Å²) < 4.78 is 0. The number of aliphatic hydroxyl groups excluding tert-OH is 1. The van der Waals surface area contributed by atoms with Gasteiger partial charge >= 0.3 is 0 Å². The smallest absolute Gasteiger partial charge is 0.227 e. The number of piperidine rings is 1. The third kappa shape index (κ3) is 3.97. The van der Waals surface area contributed by atoms with Gasteiger partial charge in [0.05, 0.1) is 27.8 Å².